The zero-order valence-corrected chi connectivity index (χ0v) is 22.4. The van der Waals surface area contributed by atoms with Crippen molar-refractivity contribution in [2.45, 2.75) is 5.41 Å². The number of aromatic nitrogens is 1. The molecule has 1 aromatic heterocycles. The van der Waals surface area contributed by atoms with Gasteiger partial charge in [0.1, 0.15) is 0 Å². The number of fused-ring (bicyclic) bond motifs is 11. The molecule has 6 aromatic carbocycles. The molecule has 41 heavy (non-hydrogen) atoms. The Hall–Kier alpha value is -5.34. The summed E-state index contributed by atoms with van der Waals surface area (Å²) in [5, 5.41) is 4.95. The Bertz CT molecular complexity index is 2070. The number of rotatable bonds is 3. The lowest BCUT2D eigenvalue weighted by Crippen LogP contribution is -2.25. The lowest BCUT2D eigenvalue weighted by atomic mass is 9.70. The lowest BCUT2D eigenvalue weighted by Gasteiger charge is -2.30. The standard InChI is InChI=1S/C39H26N2/c1-4-10-34-30(7-1)31-8-2-5-11-35(31)39(34)36-12-6-3-9-32(36)33-20-19-29(24-37(33)39)41-28-17-15-25(16-18-28)27-14-13-26-21-22-40-38(26)23-27/h1-24,40-41H. The van der Waals surface area contributed by atoms with Crippen LogP contribution in [0, 0.1) is 0 Å². The van der Waals surface area contributed by atoms with Gasteiger partial charge in [-0.3, -0.25) is 0 Å². The highest BCUT2D eigenvalue weighted by molar-refractivity contribution is 5.95. The zero-order chi connectivity index (χ0) is 27.0. The van der Waals surface area contributed by atoms with Crippen molar-refractivity contribution < 1.29 is 0 Å². The first-order valence-electron chi connectivity index (χ1n) is 14.2. The minimum atomic E-state index is -0.322. The number of hydrogen-bond donors (Lipinski definition) is 2. The number of aromatic amines is 1. The molecule has 0 amide bonds. The normalized spacial score (nSPS) is 13.6. The van der Waals surface area contributed by atoms with Gasteiger partial charge in [0, 0.05) is 23.1 Å². The van der Waals surface area contributed by atoms with Crippen molar-refractivity contribution >= 4 is 22.3 Å². The Kier molecular flexibility index (Phi) is 4.57. The van der Waals surface area contributed by atoms with Gasteiger partial charge in [-0.05, 0) is 97.4 Å². The minimum Gasteiger partial charge on any atom is -0.361 e. The minimum absolute atomic E-state index is 0.322. The molecule has 2 aliphatic carbocycles. The third kappa shape index (κ3) is 3.07. The average molecular weight is 523 g/mol. The highest BCUT2D eigenvalue weighted by atomic mass is 14.9. The molecular weight excluding hydrogens is 496 g/mol. The van der Waals surface area contributed by atoms with E-state index in [9.17, 15) is 0 Å². The maximum absolute atomic E-state index is 3.71. The largest absolute Gasteiger partial charge is 0.361 e. The van der Waals surface area contributed by atoms with Gasteiger partial charge in [0.25, 0.3) is 0 Å². The van der Waals surface area contributed by atoms with Crippen molar-refractivity contribution in [3.05, 3.63) is 168 Å². The number of nitrogens with one attached hydrogen (secondary N) is 2. The van der Waals surface area contributed by atoms with E-state index in [-0.39, 0.29) is 5.41 Å². The third-order valence-corrected chi connectivity index (χ3v) is 9.06. The highest BCUT2D eigenvalue weighted by Crippen LogP contribution is 2.62. The van der Waals surface area contributed by atoms with E-state index in [0.717, 1.165) is 16.9 Å². The van der Waals surface area contributed by atoms with E-state index in [2.05, 4.69) is 150 Å². The molecule has 0 unspecified atom stereocenters. The van der Waals surface area contributed by atoms with Gasteiger partial charge in [-0.15, -0.1) is 0 Å². The molecule has 1 spiro atoms. The Morgan fingerprint density at radius 3 is 1.66 bits per heavy atom. The summed E-state index contributed by atoms with van der Waals surface area (Å²) in [7, 11) is 0. The van der Waals surface area contributed by atoms with Crippen molar-refractivity contribution in [3.8, 4) is 33.4 Å². The van der Waals surface area contributed by atoms with Crippen molar-refractivity contribution in [2.75, 3.05) is 5.32 Å². The van der Waals surface area contributed by atoms with Crippen LogP contribution in [0.3, 0.4) is 0 Å². The van der Waals surface area contributed by atoms with Crippen LogP contribution >= 0.6 is 0 Å². The van der Waals surface area contributed by atoms with Crippen LogP contribution < -0.4 is 5.32 Å². The summed E-state index contributed by atoms with van der Waals surface area (Å²) in [5.74, 6) is 0. The molecule has 2 nitrogen and oxygen atoms in total. The van der Waals surface area contributed by atoms with E-state index in [1.165, 1.54) is 61.0 Å². The van der Waals surface area contributed by atoms with Gasteiger partial charge in [0.2, 0.25) is 0 Å². The Labute approximate surface area is 239 Å². The summed E-state index contributed by atoms with van der Waals surface area (Å²) in [6.07, 6.45) is 1.99. The van der Waals surface area contributed by atoms with Crippen molar-refractivity contribution in [1.29, 1.82) is 0 Å². The first-order chi connectivity index (χ1) is 20.3. The second-order valence-corrected chi connectivity index (χ2v) is 11.1. The molecule has 0 saturated heterocycles. The van der Waals surface area contributed by atoms with Gasteiger partial charge in [0.15, 0.2) is 0 Å². The lowest BCUT2D eigenvalue weighted by molar-refractivity contribution is 0.794. The third-order valence-electron chi connectivity index (χ3n) is 9.06. The second kappa shape index (κ2) is 8.33. The summed E-state index contributed by atoms with van der Waals surface area (Å²) in [6.45, 7) is 0. The summed E-state index contributed by atoms with van der Waals surface area (Å²) in [4.78, 5) is 3.32. The number of benzene rings is 6. The summed E-state index contributed by atoms with van der Waals surface area (Å²) in [5.41, 5.74) is 16.2. The molecule has 0 saturated carbocycles. The van der Waals surface area contributed by atoms with E-state index in [1.54, 1.807) is 0 Å². The Balaban J connectivity index is 1.15. The Morgan fingerprint density at radius 2 is 1.00 bits per heavy atom. The van der Waals surface area contributed by atoms with Gasteiger partial charge in [-0.1, -0.05) is 103 Å². The quantitative estimate of drug-likeness (QED) is 0.237. The molecule has 2 heteroatoms. The molecule has 7 aromatic rings. The molecule has 0 atom stereocenters. The van der Waals surface area contributed by atoms with Crippen LogP contribution in [0.15, 0.2) is 146 Å². The van der Waals surface area contributed by atoms with Crippen molar-refractivity contribution in [3.63, 3.8) is 0 Å². The van der Waals surface area contributed by atoms with E-state index < -0.39 is 0 Å². The molecule has 0 bridgehead atoms. The van der Waals surface area contributed by atoms with Gasteiger partial charge in [0.05, 0.1) is 5.41 Å². The molecule has 2 aliphatic rings. The first kappa shape index (κ1) is 22.5. The van der Waals surface area contributed by atoms with E-state index in [0.29, 0.717) is 0 Å². The molecule has 9 rings (SSSR count). The predicted octanol–water partition coefficient (Wildman–Crippen LogP) is 9.92. The molecule has 0 radical (unpaired) electrons. The number of anilines is 2. The fourth-order valence-corrected chi connectivity index (χ4v) is 7.31. The topological polar surface area (TPSA) is 27.8 Å². The van der Waals surface area contributed by atoms with Crippen molar-refractivity contribution in [1.82, 2.24) is 4.98 Å². The average Bonchev–Trinajstić information content (AvgIpc) is 3.70. The monoisotopic (exact) mass is 522 g/mol. The zero-order valence-electron chi connectivity index (χ0n) is 22.4. The van der Waals surface area contributed by atoms with Gasteiger partial charge in [-0.2, -0.15) is 0 Å². The van der Waals surface area contributed by atoms with E-state index in [4.69, 9.17) is 0 Å². The molecule has 0 fully saturated rings. The second-order valence-electron chi connectivity index (χ2n) is 11.1. The number of hydrogen-bond acceptors (Lipinski definition) is 1. The summed E-state index contributed by atoms with van der Waals surface area (Å²) >= 11 is 0. The molecule has 2 N–H and O–H groups in total. The maximum Gasteiger partial charge on any atom is 0.0726 e. The van der Waals surface area contributed by atoms with Gasteiger partial charge >= 0.3 is 0 Å². The van der Waals surface area contributed by atoms with Crippen LogP contribution in [0.4, 0.5) is 11.4 Å². The highest BCUT2D eigenvalue weighted by Gasteiger charge is 2.51. The van der Waals surface area contributed by atoms with Crippen LogP contribution in [0.5, 0.6) is 0 Å². The van der Waals surface area contributed by atoms with Crippen LogP contribution in [0.25, 0.3) is 44.3 Å². The van der Waals surface area contributed by atoms with Gasteiger partial charge < -0.3 is 10.3 Å². The SMILES string of the molecule is c1ccc2c(c1)-c1ccccc1C21c2ccccc2-c2ccc(Nc3ccc(-c4ccc5cc[nH]c5c4)cc3)cc21. The molecule has 0 aliphatic heterocycles. The van der Waals surface area contributed by atoms with E-state index in [1.807, 2.05) is 6.20 Å². The smallest absolute Gasteiger partial charge is 0.0726 e. The summed E-state index contributed by atoms with van der Waals surface area (Å²) < 4.78 is 0. The molecular formula is C39H26N2. The van der Waals surface area contributed by atoms with Crippen LogP contribution in [-0.4, -0.2) is 4.98 Å². The predicted molar refractivity (Wildman–Crippen MR) is 170 cm³/mol. The van der Waals surface area contributed by atoms with Crippen LogP contribution in [-0.2, 0) is 5.41 Å². The molecule has 1 heterocycles. The van der Waals surface area contributed by atoms with Crippen molar-refractivity contribution in [2.24, 2.45) is 0 Å². The first-order valence-corrected chi connectivity index (χ1v) is 14.2. The van der Waals surface area contributed by atoms with Gasteiger partial charge in [-0.25, -0.2) is 0 Å². The van der Waals surface area contributed by atoms with Crippen LogP contribution in [0.2, 0.25) is 0 Å². The molecule has 192 valence electrons. The number of H-pyrrole nitrogens is 1. The van der Waals surface area contributed by atoms with Crippen LogP contribution in [0.1, 0.15) is 22.3 Å². The van der Waals surface area contributed by atoms with E-state index >= 15 is 0 Å². The Morgan fingerprint density at radius 1 is 0.439 bits per heavy atom. The fourth-order valence-electron chi connectivity index (χ4n) is 7.31. The fraction of sp³-hybridized carbons (Fsp3) is 0.0256. The summed E-state index contributed by atoms with van der Waals surface area (Å²) in [6, 6.07) is 51.2. The maximum atomic E-state index is 3.71.